The summed E-state index contributed by atoms with van der Waals surface area (Å²) in [6, 6.07) is 26.1. The van der Waals surface area contributed by atoms with Gasteiger partial charge < -0.3 is 9.80 Å². The zero-order valence-electron chi connectivity index (χ0n) is 30.5. The predicted molar refractivity (Wildman–Crippen MR) is 228 cm³/mol. The van der Waals surface area contributed by atoms with E-state index in [1.807, 2.05) is 9.80 Å². The molecular weight excluding hydrogens is 717 g/mol. The molecule has 0 bridgehead atoms. The highest BCUT2D eigenvalue weighted by atomic mass is 32.1. The maximum absolute atomic E-state index is 14.9. The van der Waals surface area contributed by atoms with E-state index in [0.717, 1.165) is 82.2 Å². The van der Waals surface area contributed by atoms with E-state index in [4.69, 9.17) is 0 Å². The van der Waals surface area contributed by atoms with Crippen molar-refractivity contribution in [2.24, 2.45) is 11.8 Å². The molecule has 2 atom stereocenters. The van der Waals surface area contributed by atoms with Gasteiger partial charge in [0.2, 0.25) is 0 Å². The number of carbonyl (C=O) groups excluding carboxylic acids is 2. The number of hydrogen-bond donors (Lipinski definition) is 0. The molecule has 2 aromatic carbocycles. The van der Waals surface area contributed by atoms with Crippen molar-refractivity contribution in [2.45, 2.75) is 79.1 Å². The Bertz CT molecular complexity index is 2070. The van der Waals surface area contributed by atoms with Gasteiger partial charge >= 0.3 is 0 Å². The molecule has 268 valence electrons. The van der Waals surface area contributed by atoms with E-state index in [-0.39, 0.29) is 11.8 Å². The number of hydrogen-bond acceptors (Lipinski definition) is 6. The van der Waals surface area contributed by atoms with Crippen LogP contribution in [0.3, 0.4) is 0 Å². The lowest BCUT2D eigenvalue weighted by Crippen LogP contribution is -2.34. The van der Waals surface area contributed by atoms with Gasteiger partial charge in [0.05, 0.1) is 32.3 Å². The average Bonchev–Trinajstić information content (AvgIpc) is 4.01. The van der Waals surface area contributed by atoms with E-state index < -0.39 is 0 Å². The fourth-order valence-corrected chi connectivity index (χ4v) is 12.5. The number of nitrogens with zero attached hydrogens (tertiary/aromatic N) is 2. The molecule has 2 amide bonds. The van der Waals surface area contributed by atoms with Crippen LogP contribution in [0.1, 0.15) is 88.8 Å². The fraction of sp³-hybridized carbons (Fsp3) is 0.364. The van der Waals surface area contributed by atoms with Crippen molar-refractivity contribution in [1.82, 2.24) is 0 Å². The van der Waals surface area contributed by atoms with Crippen LogP contribution in [0.15, 0.2) is 72.8 Å². The molecule has 2 aliphatic rings. The second-order valence-electron chi connectivity index (χ2n) is 14.4. The van der Waals surface area contributed by atoms with Crippen LogP contribution < -0.4 is 9.80 Å². The lowest BCUT2D eigenvalue weighted by atomic mass is 9.98. The van der Waals surface area contributed by atoms with Gasteiger partial charge in [-0.1, -0.05) is 103 Å². The number of unbranched alkanes of at least 4 members (excludes halogenated alkanes) is 2. The Morgan fingerprint density at radius 2 is 0.942 bits per heavy atom. The van der Waals surface area contributed by atoms with Gasteiger partial charge in [-0.25, -0.2) is 0 Å². The molecule has 8 heteroatoms. The molecule has 4 aromatic heterocycles. The van der Waals surface area contributed by atoms with Gasteiger partial charge in [-0.15, -0.1) is 45.3 Å². The Morgan fingerprint density at radius 3 is 1.33 bits per heavy atom. The van der Waals surface area contributed by atoms with Crippen molar-refractivity contribution >= 4 is 99.9 Å². The summed E-state index contributed by atoms with van der Waals surface area (Å²) in [6.07, 6.45) is 8.84. The van der Waals surface area contributed by atoms with Gasteiger partial charge in [0.15, 0.2) is 0 Å². The average molecular weight is 763 g/mol. The summed E-state index contributed by atoms with van der Waals surface area (Å²) in [7, 11) is 0. The normalized spacial score (nSPS) is 16.8. The first-order valence-electron chi connectivity index (χ1n) is 19.1. The lowest BCUT2D eigenvalue weighted by Gasteiger charge is -2.24. The third-order valence-electron chi connectivity index (χ3n) is 10.9. The Morgan fingerprint density at radius 1 is 0.538 bits per heavy atom. The van der Waals surface area contributed by atoms with E-state index >= 15 is 0 Å². The highest BCUT2D eigenvalue weighted by molar-refractivity contribution is 7.27. The highest BCUT2D eigenvalue weighted by Gasteiger charge is 2.45. The number of fused-ring (bicyclic) bond motifs is 4. The molecule has 6 aromatic rings. The molecule has 6 heterocycles. The topological polar surface area (TPSA) is 40.6 Å². The quantitative estimate of drug-likeness (QED) is 0.104. The fourth-order valence-electron chi connectivity index (χ4n) is 7.81. The second-order valence-corrected chi connectivity index (χ2v) is 18.6. The minimum atomic E-state index is -0.00919. The number of thiophene rings is 4. The Kier molecular flexibility index (Phi) is 10.3. The maximum atomic E-state index is 14.9. The summed E-state index contributed by atoms with van der Waals surface area (Å²) >= 11 is 6.97. The van der Waals surface area contributed by atoms with Crippen molar-refractivity contribution in [3.8, 4) is 19.5 Å². The first kappa shape index (κ1) is 35.5. The van der Waals surface area contributed by atoms with Crippen molar-refractivity contribution in [3.63, 3.8) is 0 Å². The number of anilines is 2. The third-order valence-corrected chi connectivity index (χ3v) is 15.8. The van der Waals surface area contributed by atoms with Crippen LogP contribution in [0.2, 0.25) is 0 Å². The Hall–Kier alpha value is -3.56. The summed E-state index contributed by atoms with van der Waals surface area (Å²) in [4.78, 5) is 40.5. The van der Waals surface area contributed by atoms with E-state index in [9.17, 15) is 9.59 Å². The SMILES string of the molecule is CCCCC(CC)CN1C(=O)/C(=C2\C(=O)N(CC(CC)CCCC)c3cc(-c4cc5ccccc5s4)sc32)c2sc(-c3cc4ccccc4s3)cc21. The molecule has 0 spiro atoms. The molecule has 0 aliphatic carbocycles. The van der Waals surface area contributed by atoms with Crippen LogP contribution in [-0.2, 0) is 9.59 Å². The third kappa shape index (κ3) is 6.40. The van der Waals surface area contributed by atoms with Crippen LogP contribution in [-0.4, -0.2) is 24.9 Å². The molecule has 0 radical (unpaired) electrons. The molecule has 2 unspecified atom stereocenters. The molecule has 8 rings (SSSR count). The van der Waals surface area contributed by atoms with Crippen LogP contribution in [0, 0.1) is 11.8 Å². The zero-order valence-corrected chi connectivity index (χ0v) is 33.8. The van der Waals surface area contributed by atoms with Gasteiger partial charge in [-0.05, 0) is 71.8 Å². The molecule has 2 aliphatic heterocycles. The van der Waals surface area contributed by atoms with Crippen molar-refractivity contribution in [3.05, 3.63) is 82.6 Å². The van der Waals surface area contributed by atoms with Gasteiger partial charge in [0.1, 0.15) is 0 Å². The predicted octanol–water partition coefficient (Wildman–Crippen LogP) is 13.6. The van der Waals surface area contributed by atoms with Crippen LogP contribution >= 0.6 is 45.3 Å². The van der Waals surface area contributed by atoms with Crippen LogP contribution in [0.25, 0.3) is 50.8 Å². The van der Waals surface area contributed by atoms with Gasteiger partial charge in [0.25, 0.3) is 11.8 Å². The molecule has 4 nitrogen and oxygen atoms in total. The van der Waals surface area contributed by atoms with Crippen molar-refractivity contribution in [2.75, 3.05) is 22.9 Å². The Labute approximate surface area is 323 Å². The molecular formula is C44H46N2O2S4. The number of amides is 2. The second kappa shape index (κ2) is 15.1. The summed E-state index contributed by atoms with van der Waals surface area (Å²) in [5.74, 6) is 0.797. The van der Waals surface area contributed by atoms with Crippen LogP contribution in [0.4, 0.5) is 11.4 Å². The minimum absolute atomic E-state index is 0.00919. The summed E-state index contributed by atoms with van der Waals surface area (Å²) < 4.78 is 2.52. The Balaban J connectivity index is 1.28. The van der Waals surface area contributed by atoms with E-state index in [1.54, 1.807) is 45.3 Å². The smallest absolute Gasteiger partial charge is 0.260 e. The summed E-state index contributed by atoms with van der Waals surface area (Å²) in [6.45, 7) is 10.3. The van der Waals surface area contributed by atoms with Crippen molar-refractivity contribution < 1.29 is 9.59 Å². The molecule has 52 heavy (non-hydrogen) atoms. The molecule has 0 N–H and O–H groups in total. The van der Waals surface area contributed by atoms with E-state index in [2.05, 4.69) is 100 Å². The monoisotopic (exact) mass is 762 g/mol. The van der Waals surface area contributed by atoms with Crippen LogP contribution in [0.5, 0.6) is 0 Å². The lowest BCUT2D eigenvalue weighted by molar-refractivity contribution is -0.114. The summed E-state index contributed by atoms with van der Waals surface area (Å²) in [5, 5.41) is 2.47. The molecule has 0 fully saturated rings. The van der Waals surface area contributed by atoms with Gasteiger partial charge in [-0.2, -0.15) is 0 Å². The van der Waals surface area contributed by atoms with E-state index in [1.165, 1.54) is 29.9 Å². The molecule has 0 saturated heterocycles. The number of carbonyl (C=O) groups is 2. The number of rotatable bonds is 14. The van der Waals surface area contributed by atoms with Crippen molar-refractivity contribution in [1.29, 1.82) is 0 Å². The first-order valence-corrected chi connectivity index (χ1v) is 22.3. The summed E-state index contributed by atoms with van der Waals surface area (Å²) in [5.41, 5.74) is 3.17. The largest absolute Gasteiger partial charge is 0.307 e. The highest BCUT2D eigenvalue weighted by Crippen LogP contribution is 2.55. The number of benzene rings is 2. The first-order chi connectivity index (χ1) is 25.4. The zero-order chi connectivity index (χ0) is 35.9. The van der Waals surface area contributed by atoms with Gasteiger partial charge in [-0.3, -0.25) is 9.59 Å². The standard InChI is InChI=1S/C44H46N2O2S4/c1-5-9-15-27(7-3)25-45-31-23-37(35-21-29-17-11-13-19-33(29)49-35)51-41(31)39(43(45)47)40-42-32(46(44(40)48)26-28(8-4)16-10-6-2)24-38(52-42)36-22-30-18-12-14-20-34(30)50-36/h11-14,17-24,27-28H,5-10,15-16,25-26H2,1-4H3/b40-39-. The van der Waals surface area contributed by atoms with Gasteiger partial charge in [0, 0.05) is 42.0 Å². The van der Waals surface area contributed by atoms with E-state index in [0.29, 0.717) is 36.1 Å². The minimum Gasteiger partial charge on any atom is -0.307 e. The maximum Gasteiger partial charge on any atom is 0.260 e. The molecule has 0 saturated carbocycles.